The lowest BCUT2D eigenvalue weighted by Crippen LogP contribution is -2.35. The predicted octanol–water partition coefficient (Wildman–Crippen LogP) is 4.30. The molecule has 2 N–H and O–H groups in total. The van der Waals surface area contributed by atoms with Gasteiger partial charge in [0.15, 0.2) is 0 Å². The van der Waals surface area contributed by atoms with E-state index in [9.17, 15) is 14.4 Å². The van der Waals surface area contributed by atoms with Crippen LogP contribution >= 0.6 is 0 Å². The average molecular weight is 422 g/mol. The second-order valence-electron chi connectivity index (χ2n) is 7.68. The maximum atomic E-state index is 12.5. The van der Waals surface area contributed by atoms with Gasteiger partial charge in [-0.2, -0.15) is 0 Å². The van der Waals surface area contributed by atoms with E-state index < -0.39 is 0 Å². The number of urea groups is 1. The topological polar surface area (TPSA) is 91.0 Å². The molecule has 0 aliphatic carbocycles. The van der Waals surface area contributed by atoms with Crippen LogP contribution in [0.1, 0.15) is 36.0 Å². The van der Waals surface area contributed by atoms with Crippen LogP contribution in [0.25, 0.3) is 0 Å². The van der Waals surface area contributed by atoms with Crippen LogP contribution < -0.4 is 15.5 Å². The molecule has 2 aliphatic heterocycles. The largest absolute Gasteiger partial charge is 0.447 e. The first-order chi connectivity index (χ1) is 15.1. The molecule has 31 heavy (non-hydrogen) atoms. The van der Waals surface area contributed by atoms with E-state index in [1.54, 1.807) is 48.5 Å². The Labute approximate surface area is 181 Å². The van der Waals surface area contributed by atoms with Gasteiger partial charge in [-0.1, -0.05) is 12.8 Å². The fraction of sp³-hybridized carbons (Fsp3) is 0.348. The van der Waals surface area contributed by atoms with E-state index in [-0.39, 0.29) is 18.0 Å². The molecule has 4 rings (SSSR count). The molecule has 0 radical (unpaired) electrons. The summed E-state index contributed by atoms with van der Waals surface area (Å²) < 4.78 is 4.93. The molecule has 0 atom stereocenters. The van der Waals surface area contributed by atoms with Gasteiger partial charge in [-0.15, -0.1) is 0 Å². The minimum atomic E-state index is -0.375. The Morgan fingerprint density at radius 1 is 0.774 bits per heavy atom. The van der Waals surface area contributed by atoms with Crippen molar-refractivity contribution in [3.05, 3.63) is 54.1 Å². The van der Waals surface area contributed by atoms with Crippen LogP contribution in [-0.4, -0.2) is 49.2 Å². The summed E-state index contributed by atoms with van der Waals surface area (Å²) in [6.45, 7) is 2.45. The van der Waals surface area contributed by atoms with Gasteiger partial charge in [0.2, 0.25) is 0 Å². The standard InChI is InChI=1S/C23H26N4O4/c28-21(17-5-11-20(12-6-17)27-15-16-31-23(27)30)24-18-7-9-19(10-8-18)25-22(29)26-13-3-1-2-4-14-26/h5-12H,1-4,13-16H2,(H,24,28)(H,25,29). The summed E-state index contributed by atoms with van der Waals surface area (Å²) in [4.78, 5) is 40.0. The van der Waals surface area contributed by atoms with Gasteiger partial charge in [0, 0.05) is 35.7 Å². The molecule has 162 valence electrons. The van der Waals surface area contributed by atoms with Gasteiger partial charge in [-0.05, 0) is 61.4 Å². The number of anilines is 3. The average Bonchev–Trinajstić information content (AvgIpc) is 3.03. The Bertz CT molecular complexity index is 935. The van der Waals surface area contributed by atoms with Gasteiger partial charge < -0.3 is 20.3 Å². The highest BCUT2D eigenvalue weighted by Gasteiger charge is 2.23. The molecular weight excluding hydrogens is 396 g/mol. The molecule has 0 aromatic heterocycles. The van der Waals surface area contributed by atoms with E-state index in [0.717, 1.165) is 25.9 Å². The van der Waals surface area contributed by atoms with Gasteiger partial charge in [-0.3, -0.25) is 9.69 Å². The lowest BCUT2D eigenvalue weighted by Gasteiger charge is -2.20. The van der Waals surface area contributed by atoms with E-state index in [1.807, 2.05) is 4.90 Å². The number of carbonyl (C=O) groups is 3. The maximum absolute atomic E-state index is 12.5. The number of hydrogen-bond acceptors (Lipinski definition) is 4. The zero-order valence-electron chi connectivity index (χ0n) is 17.3. The molecule has 2 aromatic carbocycles. The highest BCUT2D eigenvalue weighted by Crippen LogP contribution is 2.20. The van der Waals surface area contributed by atoms with Gasteiger partial charge in [0.25, 0.3) is 5.91 Å². The molecule has 8 nitrogen and oxygen atoms in total. The van der Waals surface area contributed by atoms with Crippen LogP contribution in [0.5, 0.6) is 0 Å². The first-order valence-electron chi connectivity index (χ1n) is 10.6. The molecule has 2 fully saturated rings. The second-order valence-corrected chi connectivity index (χ2v) is 7.68. The highest BCUT2D eigenvalue weighted by molar-refractivity contribution is 6.04. The second kappa shape index (κ2) is 9.51. The van der Waals surface area contributed by atoms with Crippen LogP contribution in [0, 0.1) is 0 Å². The van der Waals surface area contributed by atoms with Crippen molar-refractivity contribution in [2.45, 2.75) is 25.7 Å². The van der Waals surface area contributed by atoms with Crippen LogP contribution in [0.4, 0.5) is 26.7 Å². The number of likely N-dealkylation sites (tertiary alicyclic amines) is 1. The maximum Gasteiger partial charge on any atom is 0.414 e. The highest BCUT2D eigenvalue weighted by atomic mass is 16.6. The summed E-state index contributed by atoms with van der Waals surface area (Å²) in [6.07, 6.45) is 4.06. The summed E-state index contributed by atoms with van der Waals surface area (Å²) in [5.74, 6) is -0.253. The summed E-state index contributed by atoms with van der Waals surface area (Å²) in [5, 5.41) is 5.76. The van der Waals surface area contributed by atoms with Gasteiger partial charge in [0.1, 0.15) is 6.61 Å². The third-order valence-electron chi connectivity index (χ3n) is 5.49. The first-order valence-corrected chi connectivity index (χ1v) is 10.6. The number of cyclic esters (lactones) is 1. The molecule has 2 heterocycles. The summed E-state index contributed by atoms with van der Waals surface area (Å²) >= 11 is 0. The molecule has 4 amide bonds. The Morgan fingerprint density at radius 3 is 1.97 bits per heavy atom. The fourth-order valence-electron chi connectivity index (χ4n) is 3.74. The number of nitrogens with one attached hydrogen (secondary N) is 2. The fourth-order valence-corrected chi connectivity index (χ4v) is 3.74. The van der Waals surface area contributed by atoms with E-state index in [2.05, 4.69) is 10.6 Å². The van der Waals surface area contributed by atoms with E-state index in [4.69, 9.17) is 4.74 Å². The van der Waals surface area contributed by atoms with Crippen molar-refractivity contribution < 1.29 is 19.1 Å². The van der Waals surface area contributed by atoms with E-state index in [1.165, 1.54) is 17.7 Å². The molecule has 0 unspecified atom stereocenters. The molecule has 2 saturated heterocycles. The van der Waals surface area contributed by atoms with Gasteiger partial charge >= 0.3 is 12.1 Å². The Kier molecular flexibility index (Phi) is 6.35. The number of ether oxygens (including phenoxy) is 1. The molecule has 0 saturated carbocycles. The third kappa shape index (κ3) is 5.14. The number of benzene rings is 2. The predicted molar refractivity (Wildman–Crippen MR) is 119 cm³/mol. The summed E-state index contributed by atoms with van der Waals surface area (Å²) in [7, 11) is 0. The molecular formula is C23H26N4O4. The minimum absolute atomic E-state index is 0.0827. The molecule has 0 bridgehead atoms. The molecule has 8 heteroatoms. The number of rotatable bonds is 4. The number of carbonyl (C=O) groups excluding carboxylic acids is 3. The number of amides is 4. The molecule has 0 spiro atoms. The summed E-state index contributed by atoms with van der Waals surface area (Å²) in [5.41, 5.74) is 2.50. The zero-order valence-corrected chi connectivity index (χ0v) is 17.3. The van der Waals surface area contributed by atoms with Crippen molar-refractivity contribution in [3.8, 4) is 0 Å². The van der Waals surface area contributed by atoms with Crippen molar-refractivity contribution in [2.75, 3.05) is 41.8 Å². The third-order valence-corrected chi connectivity index (χ3v) is 5.49. The first kappa shape index (κ1) is 20.7. The monoisotopic (exact) mass is 422 g/mol. The van der Waals surface area contributed by atoms with Gasteiger partial charge in [0.05, 0.1) is 6.54 Å². The van der Waals surface area contributed by atoms with Crippen molar-refractivity contribution in [3.63, 3.8) is 0 Å². The normalized spacial score (nSPS) is 16.5. The van der Waals surface area contributed by atoms with Crippen molar-refractivity contribution >= 4 is 35.1 Å². The van der Waals surface area contributed by atoms with Crippen LogP contribution in [0.15, 0.2) is 48.5 Å². The van der Waals surface area contributed by atoms with E-state index in [0.29, 0.717) is 35.8 Å². The van der Waals surface area contributed by atoms with Crippen molar-refractivity contribution in [1.82, 2.24) is 4.90 Å². The van der Waals surface area contributed by atoms with E-state index >= 15 is 0 Å². The van der Waals surface area contributed by atoms with Crippen molar-refractivity contribution in [2.24, 2.45) is 0 Å². The Hall–Kier alpha value is -3.55. The van der Waals surface area contributed by atoms with Gasteiger partial charge in [-0.25, -0.2) is 9.59 Å². The zero-order chi connectivity index (χ0) is 21.6. The number of nitrogens with zero attached hydrogens (tertiary/aromatic N) is 2. The van der Waals surface area contributed by atoms with Crippen molar-refractivity contribution in [1.29, 1.82) is 0 Å². The van der Waals surface area contributed by atoms with Crippen LogP contribution in [0.3, 0.4) is 0 Å². The lowest BCUT2D eigenvalue weighted by atomic mass is 10.1. The quantitative estimate of drug-likeness (QED) is 0.768. The number of hydrogen-bond donors (Lipinski definition) is 2. The smallest absolute Gasteiger partial charge is 0.414 e. The van der Waals surface area contributed by atoms with Crippen LogP contribution in [-0.2, 0) is 4.74 Å². The summed E-state index contributed by atoms with van der Waals surface area (Å²) in [6, 6.07) is 13.8. The minimum Gasteiger partial charge on any atom is -0.447 e. The Morgan fingerprint density at radius 2 is 1.39 bits per heavy atom. The molecule has 2 aliphatic rings. The Balaban J connectivity index is 1.32. The lowest BCUT2D eigenvalue weighted by molar-refractivity contribution is 0.102. The SMILES string of the molecule is O=C(Nc1ccc(NC(=O)N2CCCCCC2)cc1)c1ccc(N2CCOC2=O)cc1. The van der Waals surface area contributed by atoms with Crippen LogP contribution in [0.2, 0.25) is 0 Å². The molecule has 2 aromatic rings.